The van der Waals surface area contributed by atoms with Gasteiger partial charge in [0, 0.05) is 20.2 Å². The fourth-order valence-corrected chi connectivity index (χ4v) is 1.80. The van der Waals surface area contributed by atoms with Gasteiger partial charge in [-0.25, -0.2) is 0 Å². The van der Waals surface area contributed by atoms with Crippen molar-refractivity contribution in [1.29, 1.82) is 0 Å². The molecule has 0 saturated carbocycles. The van der Waals surface area contributed by atoms with Crippen LogP contribution in [0.2, 0.25) is 0 Å². The average Bonchev–Trinajstić information content (AvgIpc) is 2.43. The van der Waals surface area contributed by atoms with Gasteiger partial charge < -0.3 is 19.8 Å². The molecular weight excluding hydrogens is 246 g/mol. The van der Waals surface area contributed by atoms with E-state index in [1.165, 1.54) is 7.11 Å². The van der Waals surface area contributed by atoms with Gasteiger partial charge >= 0.3 is 0 Å². The second-order valence-electron chi connectivity index (χ2n) is 4.37. The molecule has 0 unspecified atom stereocenters. The highest BCUT2D eigenvalue weighted by molar-refractivity contribution is 5.97. The van der Waals surface area contributed by atoms with Crippen molar-refractivity contribution in [2.45, 2.75) is 19.3 Å². The lowest BCUT2D eigenvalue weighted by atomic mass is 10.1. The molecule has 0 fully saturated rings. The van der Waals surface area contributed by atoms with Crippen LogP contribution in [0.5, 0.6) is 11.5 Å². The number of carbonyl (C=O) groups excluding carboxylic acids is 1. The third kappa shape index (κ3) is 4.13. The van der Waals surface area contributed by atoms with Crippen LogP contribution in [0.4, 0.5) is 0 Å². The summed E-state index contributed by atoms with van der Waals surface area (Å²) in [6.45, 7) is 0.768. The Kier molecular flexibility index (Phi) is 6.15. The van der Waals surface area contributed by atoms with Gasteiger partial charge in [0.05, 0.1) is 12.7 Å². The van der Waals surface area contributed by atoms with Crippen molar-refractivity contribution in [3.8, 4) is 11.5 Å². The number of ether oxygens (including phenoxy) is 1. The van der Waals surface area contributed by atoms with Crippen LogP contribution in [0.25, 0.3) is 0 Å². The predicted octanol–water partition coefficient (Wildman–Crippen LogP) is 1.64. The average molecular weight is 267 g/mol. The van der Waals surface area contributed by atoms with E-state index in [1.807, 2.05) is 0 Å². The Morgan fingerprint density at radius 3 is 2.68 bits per heavy atom. The van der Waals surface area contributed by atoms with Crippen molar-refractivity contribution in [3.05, 3.63) is 23.8 Å². The van der Waals surface area contributed by atoms with Crippen molar-refractivity contribution in [3.63, 3.8) is 0 Å². The third-order valence-corrected chi connectivity index (χ3v) is 2.95. The number of nitrogens with zero attached hydrogens (tertiary/aromatic N) is 1. The van der Waals surface area contributed by atoms with Crippen LogP contribution in [-0.2, 0) is 0 Å². The first-order valence-corrected chi connectivity index (χ1v) is 6.34. The molecule has 19 heavy (non-hydrogen) atoms. The Balaban J connectivity index is 2.66. The number of para-hydroxylation sites is 1. The molecule has 0 heterocycles. The van der Waals surface area contributed by atoms with Gasteiger partial charge in [-0.3, -0.25) is 4.79 Å². The van der Waals surface area contributed by atoms with Gasteiger partial charge in [0.1, 0.15) is 0 Å². The first-order valence-electron chi connectivity index (χ1n) is 6.34. The maximum Gasteiger partial charge on any atom is 0.257 e. The molecule has 0 saturated heterocycles. The summed E-state index contributed by atoms with van der Waals surface area (Å²) in [7, 11) is 3.14. The van der Waals surface area contributed by atoms with Gasteiger partial charge in [-0.15, -0.1) is 0 Å². The van der Waals surface area contributed by atoms with E-state index >= 15 is 0 Å². The molecule has 0 radical (unpaired) electrons. The monoisotopic (exact) mass is 267 g/mol. The van der Waals surface area contributed by atoms with Crippen LogP contribution >= 0.6 is 0 Å². The second kappa shape index (κ2) is 7.63. The first kappa shape index (κ1) is 15.3. The Morgan fingerprint density at radius 1 is 1.32 bits per heavy atom. The number of phenols is 1. The number of unbranched alkanes of at least 4 members (excludes halogenated alkanes) is 2. The van der Waals surface area contributed by atoms with Gasteiger partial charge in [-0.05, 0) is 31.4 Å². The number of carbonyl (C=O) groups is 1. The van der Waals surface area contributed by atoms with E-state index in [0.29, 0.717) is 12.3 Å². The van der Waals surface area contributed by atoms with E-state index < -0.39 is 0 Å². The molecule has 106 valence electrons. The normalized spacial score (nSPS) is 10.3. The molecule has 5 nitrogen and oxygen atoms in total. The lowest BCUT2D eigenvalue weighted by Crippen LogP contribution is -2.27. The fourth-order valence-electron chi connectivity index (χ4n) is 1.80. The second-order valence-corrected chi connectivity index (χ2v) is 4.37. The number of hydrogen-bond acceptors (Lipinski definition) is 4. The summed E-state index contributed by atoms with van der Waals surface area (Å²) in [4.78, 5) is 13.7. The summed E-state index contributed by atoms with van der Waals surface area (Å²) in [6.07, 6.45) is 2.44. The standard InChI is InChI=1S/C14H21NO4/c1-15(9-4-3-5-10-16)14(18)11-7-6-8-12(19-2)13(11)17/h6-8,16-17H,3-5,9-10H2,1-2H3. The maximum atomic E-state index is 12.2. The Hall–Kier alpha value is -1.75. The number of methoxy groups -OCH3 is 1. The van der Waals surface area contributed by atoms with Crippen LogP contribution in [0.3, 0.4) is 0 Å². The molecular formula is C14H21NO4. The molecule has 5 heteroatoms. The van der Waals surface area contributed by atoms with Crippen LogP contribution in [0.15, 0.2) is 18.2 Å². The van der Waals surface area contributed by atoms with Crippen LogP contribution < -0.4 is 4.74 Å². The highest BCUT2D eigenvalue weighted by Crippen LogP contribution is 2.30. The maximum absolute atomic E-state index is 12.2. The summed E-state index contributed by atoms with van der Waals surface area (Å²) < 4.78 is 4.98. The lowest BCUT2D eigenvalue weighted by molar-refractivity contribution is 0.0788. The SMILES string of the molecule is COc1cccc(C(=O)N(C)CCCCCO)c1O. The summed E-state index contributed by atoms with van der Waals surface area (Å²) >= 11 is 0. The topological polar surface area (TPSA) is 70.0 Å². The first-order chi connectivity index (χ1) is 9.11. The molecule has 1 aromatic carbocycles. The number of aliphatic hydroxyl groups is 1. The minimum atomic E-state index is -0.236. The molecule has 1 amide bonds. The van der Waals surface area contributed by atoms with E-state index in [0.717, 1.165) is 19.3 Å². The summed E-state index contributed by atoms with van der Waals surface area (Å²) in [6, 6.07) is 4.85. The van der Waals surface area contributed by atoms with Gasteiger partial charge in [0.15, 0.2) is 11.5 Å². The van der Waals surface area contributed by atoms with Crippen molar-refractivity contribution in [1.82, 2.24) is 4.90 Å². The smallest absolute Gasteiger partial charge is 0.257 e. The number of benzene rings is 1. The lowest BCUT2D eigenvalue weighted by Gasteiger charge is -2.18. The minimum absolute atomic E-state index is 0.128. The Labute approximate surface area is 113 Å². The highest BCUT2D eigenvalue weighted by atomic mass is 16.5. The van der Waals surface area contributed by atoms with E-state index in [4.69, 9.17) is 9.84 Å². The van der Waals surface area contributed by atoms with Crippen LogP contribution in [-0.4, -0.2) is 48.3 Å². The van der Waals surface area contributed by atoms with E-state index in [9.17, 15) is 9.90 Å². The summed E-state index contributed by atoms with van der Waals surface area (Å²) in [5, 5.41) is 18.6. The zero-order valence-corrected chi connectivity index (χ0v) is 11.4. The van der Waals surface area contributed by atoms with Gasteiger partial charge in [0.25, 0.3) is 5.91 Å². The fraction of sp³-hybridized carbons (Fsp3) is 0.500. The quantitative estimate of drug-likeness (QED) is 0.737. The van der Waals surface area contributed by atoms with Crippen molar-refractivity contribution in [2.75, 3.05) is 27.3 Å². The third-order valence-electron chi connectivity index (χ3n) is 2.95. The number of amides is 1. The van der Waals surface area contributed by atoms with Crippen molar-refractivity contribution < 1.29 is 19.7 Å². The summed E-state index contributed by atoms with van der Waals surface area (Å²) in [5.41, 5.74) is 0.240. The number of hydrogen-bond donors (Lipinski definition) is 2. The van der Waals surface area contributed by atoms with Gasteiger partial charge in [-0.2, -0.15) is 0 Å². The zero-order chi connectivity index (χ0) is 14.3. The molecule has 0 spiro atoms. The zero-order valence-electron chi connectivity index (χ0n) is 11.4. The van der Waals surface area contributed by atoms with Crippen LogP contribution in [0, 0.1) is 0 Å². The number of aliphatic hydroxyl groups excluding tert-OH is 1. The van der Waals surface area contributed by atoms with Crippen molar-refractivity contribution in [2.24, 2.45) is 0 Å². The predicted molar refractivity (Wildman–Crippen MR) is 72.6 cm³/mol. The van der Waals surface area contributed by atoms with E-state index in [-0.39, 0.29) is 23.8 Å². The largest absolute Gasteiger partial charge is 0.504 e. The number of phenolic OH excluding ortho intramolecular Hbond substituents is 1. The molecule has 0 aliphatic carbocycles. The number of aromatic hydroxyl groups is 1. The van der Waals surface area contributed by atoms with E-state index in [1.54, 1.807) is 30.1 Å². The molecule has 0 aromatic heterocycles. The van der Waals surface area contributed by atoms with E-state index in [2.05, 4.69) is 0 Å². The molecule has 1 rings (SSSR count). The molecule has 2 N–H and O–H groups in total. The summed E-state index contributed by atoms with van der Waals surface area (Å²) in [5.74, 6) is -0.0721. The van der Waals surface area contributed by atoms with Gasteiger partial charge in [0.2, 0.25) is 0 Å². The van der Waals surface area contributed by atoms with Crippen LogP contribution in [0.1, 0.15) is 29.6 Å². The highest BCUT2D eigenvalue weighted by Gasteiger charge is 2.17. The minimum Gasteiger partial charge on any atom is -0.504 e. The molecule has 0 aliphatic heterocycles. The van der Waals surface area contributed by atoms with Crippen molar-refractivity contribution >= 4 is 5.91 Å². The molecule has 1 aromatic rings. The molecule has 0 atom stereocenters. The Bertz CT molecular complexity index is 420. The molecule has 0 bridgehead atoms. The molecule has 0 aliphatic rings. The number of rotatable bonds is 7. The Morgan fingerprint density at radius 2 is 2.05 bits per heavy atom. The van der Waals surface area contributed by atoms with Gasteiger partial charge in [-0.1, -0.05) is 6.07 Å².